The molecule has 0 saturated carbocycles. The van der Waals surface area contributed by atoms with Crippen LogP contribution in [-0.2, 0) is 4.74 Å². The van der Waals surface area contributed by atoms with Crippen molar-refractivity contribution >= 4 is 40.5 Å². The second-order valence-corrected chi connectivity index (χ2v) is 5.49. The molecule has 20 heavy (non-hydrogen) atoms. The zero-order chi connectivity index (χ0) is 14.7. The molecule has 0 amide bonds. The molecule has 102 valence electrons. The lowest BCUT2D eigenvalue weighted by Crippen LogP contribution is -2.12. The summed E-state index contributed by atoms with van der Waals surface area (Å²) in [5.41, 5.74) is 3.09. The highest BCUT2D eigenvalue weighted by molar-refractivity contribution is 7.07. The van der Waals surface area contributed by atoms with Crippen molar-refractivity contribution in [3.05, 3.63) is 49.9 Å². The number of carbonyl (C=O) groups is 1. The standard InChI is InChI=1S/C14H9Cl2NO2S/c1-3-13(19-14(18)12-6-20-7-17-12)10-4-9(15)5-11(16)8(10)2/h1,4-7,13H,2H3. The summed E-state index contributed by atoms with van der Waals surface area (Å²) < 4.78 is 5.27. The van der Waals surface area contributed by atoms with Crippen molar-refractivity contribution in [2.45, 2.75) is 13.0 Å². The minimum atomic E-state index is -0.861. The van der Waals surface area contributed by atoms with E-state index in [1.807, 2.05) is 0 Å². The summed E-state index contributed by atoms with van der Waals surface area (Å²) in [5, 5.41) is 2.49. The van der Waals surface area contributed by atoms with Gasteiger partial charge in [0.2, 0.25) is 0 Å². The highest BCUT2D eigenvalue weighted by atomic mass is 35.5. The van der Waals surface area contributed by atoms with Gasteiger partial charge in [0.05, 0.1) is 5.51 Å². The highest BCUT2D eigenvalue weighted by Gasteiger charge is 2.20. The molecule has 0 aliphatic carbocycles. The quantitative estimate of drug-likeness (QED) is 0.624. The number of nitrogens with zero attached hydrogens (tertiary/aromatic N) is 1. The minimum absolute atomic E-state index is 0.223. The van der Waals surface area contributed by atoms with E-state index in [-0.39, 0.29) is 5.69 Å². The van der Waals surface area contributed by atoms with Crippen LogP contribution in [0.4, 0.5) is 0 Å². The lowest BCUT2D eigenvalue weighted by Gasteiger charge is -2.15. The van der Waals surface area contributed by atoms with Gasteiger partial charge in [0, 0.05) is 21.0 Å². The zero-order valence-electron chi connectivity index (χ0n) is 10.4. The molecule has 2 rings (SSSR count). The fourth-order valence-electron chi connectivity index (χ4n) is 1.61. The maximum Gasteiger partial charge on any atom is 0.359 e. The summed E-state index contributed by atoms with van der Waals surface area (Å²) >= 11 is 13.3. The Kier molecular flexibility index (Phi) is 4.66. The predicted molar refractivity (Wildman–Crippen MR) is 80.3 cm³/mol. The molecule has 0 bridgehead atoms. The van der Waals surface area contributed by atoms with Crippen LogP contribution in [0.3, 0.4) is 0 Å². The van der Waals surface area contributed by atoms with Crippen molar-refractivity contribution in [1.82, 2.24) is 4.98 Å². The van der Waals surface area contributed by atoms with E-state index in [1.54, 1.807) is 29.9 Å². The topological polar surface area (TPSA) is 39.2 Å². The number of hydrogen-bond donors (Lipinski definition) is 0. The van der Waals surface area contributed by atoms with Gasteiger partial charge in [-0.2, -0.15) is 0 Å². The van der Waals surface area contributed by atoms with Crippen molar-refractivity contribution < 1.29 is 9.53 Å². The number of aromatic nitrogens is 1. The Morgan fingerprint density at radius 1 is 1.50 bits per heavy atom. The van der Waals surface area contributed by atoms with Gasteiger partial charge in [-0.25, -0.2) is 9.78 Å². The van der Waals surface area contributed by atoms with E-state index < -0.39 is 12.1 Å². The number of rotatable bonds is 3. The summed E-state index contributed by atoms with van der Waals surface area (Å²) in [5.74, 6) is 1.84. The molecular weight excluding hydrogens is 317 g/mol. The predicted octanol–water partition coefficient (Wildman–Crippen LogP) is 4.29. The normalized spacial score (nSPS) is 11.7. The zero-order valence-corrected chi connectivity index (χ0v) is 12.7. The maximum absolute atomic E-state index is 11.9. The van der Waals surface area contributed by atoms with Crippen LogP contribution >= 0.6 is 34.5 Å². The molecule has 1 heterocycles. The van der Waals surface area contributed by atoms with E-state index in [4.69, 9.17) is 34.4 Å². The van der Waals surface area contributed by atoms with Crippen LogP contribution in [-0.4, -0.2) is 11.0 Å². The number of esters is 1. The van der Waals surface area contributed by atoms with Crippen molar-refractivity contribution in [2.24, 2.45) is 0 Å². The van der Waals surface area contributed by atoms with E-state index in [0.29, 0.717) is 15.6 Å². The molecule has 1 aromatic carbocycles. The largest absolute Gasteiger partial charge is 0.439 e. The summed E-state index contributed by atoms with van der Waals surface area (Å²) in [4.78, 5) is 15.8. The number of terminal acetylenes is 1. The van der Waals surface area contributed by atoms with Crippen molar-refractivity contribution in [1.29, 1.82) is 0 Å². The SMILES string of the molecule is C#CC(OC(=O)c1cscn1)c1cc(Cl)cc(Cl)c1C. The average molecular weight is 326 g/mol. The third kappa shape index (κ3) is 3.13. The van der Waals surface area contributed by atoms with Gasteiger partial charge in [-0.3, -0.25) is 0 Å². The molecule has 3 nitrogen and oxygen atoms in total. The number of halogens is 2. The van der Waals surface area contributed by atoms with E-state index in [0.717, 1.165) is 5.56 Å². The molecule has 0 spiro atoms. The third-order valence-corrected chi connectivity index (χ3v) is 3.85. The molecule has 0 saturated heterocycles. The van der Waals surface area contributed by atoms with E-state index in [9.17, 15) is 4.79 Å². The molecule has 2 aromatic rings. The molecule has 1 unspecified atom stereocenters. The fourth-order valence-corrected chi connectivity index (χ4v) is 2.64. The van der Waals surface area contributed by atoms with Crippen molar-refractivity contribution in [2.75, 3.05) is 0 Å². The Labute approximate surface area is 130 Å². The van der Waals surface area contributed by atoms with Gasteiger partial charge in [-0.05, 0) is 24.6 Å². The van der Waals surface area contributed by atoms with Gasteiger partial charge in [-0.15, -0.1) is 17.8 Å². The molecule has 0 N–H and O–H groups in total. The summed E-state index contributed by atoms with van der Waals surface area (Å²) in [7, 11) is 0. The smallest absolute Gasteiger partial charge is 0.359 e. The first-order valence-corrected chi connectivity index (χ1v) is 7.23. The number of hydrogen-bond acceptors (Lipinski definition) is 4. The van der Waals surface area contributed by atoms with E-state index in [2.05, 4.69) is 10.9 Å². The lowest BCUT2D eigenvalue weighted by atomic mass is 10.0. The molecule has 0 radical (unpaired) electrons. The van der Waals surface area contributed by atoms with Crippen LogP contribution in [0.15, 0.2) is 23.0 Å². The summed E-state index contributed by atoms with van der Waals surface area (Å²) in [6, 6.07) is 3.25. The van der Waals surface area contributed by atoms with Crippen molar-refractivity contribution in [3.63, 3.8) is 0 Å². The first-order chi connectivity index (χ1) is 9.52. The van der Waals surface area contributed by atoms with Crippen LogP contribution in [0.5, 0.6) is 0 Å². The van der Waals surface area contributed by atoms with Crippen LogP contribution in [0.25, 0.3) is 0 Å². The monoisotopic (exact) mass is 325 g/mol. The Balaban J connectivity index is 2.30. The molecule has 1 aromatic heterocycles. The second kappa shape index (κ2) is 6.27. The summed E-state index contributed by atoms with van der Waals surface area (Å²) in [6.07, 6.45) is 4.58. The summed E-state index contributed by atoms with van der Waals surface area (Å²) in [6.45, 7) is 1.79. The van der Waals surface area contributed by atoms with Crippen LogP contribution in [0, 0.1) is 19.3 Å². The molecule has 0 fully saturated rings. The lowest BCUT2D eigenvalue weighted by molar-refractivity contribution is 0.0401. The van der Waals surface area contributed by atoms with Gasteiger partial charge in [-0.1, -0.05) is 29.1 Å². The van der Waals surface area contributed by atoms with Crippen LogP contribution in [0.1, 0.15) is 27.7 Å². The fraction of sp³-hybridized carbons (Fsp3) is 0.143. The van der Waals surface area contributed by atoms with E-state index in [1.165, 1.54) is 11.3 Å². The molecule has 0 aliphatic heterocycles. The Bertz CT molecular complexity index is 677. The molecule has 0 aliphatic rings. The molecule has 1 atom stereocenters. The highest BCUT2D eigenvalue weighted by Crippen LogP contribution is 2.30. The first kappa shape index (κ1) is 14.9. The van der Waals surface area contributed by atoms with E-state index >= 15 is 0 Å². The van der Waals surface area contributed by atoms with Crippen LogP contribution in [0.2, 0.25) is 10.0 Å². The minimum Gasteiger partial charge on any atom is -0.439 e. The first-order valence-electron chi connectivity index (χ1n) is 5.53. The Hall–Kier alpha value is -1.54. The van der Waals surface area contributed by atoms with Gasteiger partial charge in [0.25, 0.3) is 0 Å². The average Bonchev–Trinajstić information content (AvgIpc) is 2.94. The van der Waals surface area contributed by atoms with Gasteiger partial charge >= 0.3 is 5.97 Å². The Morgan fingerprint density at radius 2 is 2.25 bits per heavy atom. The number of benzene rings is 1. The number of carbonyl (C=O) groups excluding carboxylic acids is 1. The van der Waals surface area contributed by atoms with Crippen molar-refractivity contribution in [3.8, 4) is 12.3 Å². The number of ether oxygens (including phenoxy) is 1. The van der Waals surface area contributed by atoms with Gasteiger partial charge in [0.1, 0.15) is 0 Å². The second-order valence-electron chi connectivity index (χ2n) is 3.93. The Morgan fingerprint density at radius 3 is 2.85 bits per heavy atom. The molecule has 6 heteroatoms. The maximum atomic E-state index is 11.9. The third-order valence-electron chi connectivity index (χ3n) is 2.65. The van der Waals surface area contributed by atoms with Gasteiger partial charge < -0.3 is 4.74 Å². The number of thiazole rings is 1. The molecular formula is C14H9Cl2NO2S. The van der Waals surface area contributed by atoms with Gasteiger partial charge in [0.15, 0.2) is 11.8 Å². The van der Waals surface area contributed by atoms with Crippen LogP contribution < -0.4 is 0 Å².